The van der Waals surface area contributed by atoms with Gasteiger partial charge in [0.15, 0.2) is 0 Å². The Balaban J connectivity index is 1.35. The number of rotatable bonds is 6. The van der Waals surface area contributed by atoms with Crippen LogP contribution in [0.3, 0.4) is 0 Å². The van der Waals surface area contributed by atoms with Crippen LogP contribution in [0.15, 0.2) is 34.9 Å². The molecule has 1 aliphatic heterocycles. The van der Waals surface area contributed by atoms with Gasteiger partial charge in [-0.25, -0.2) is 9.67 Å². The number of aromatic nitrogens is 4. The van der Waals surface area contributed by atoms with Crippen molar-refractivity contribution in [1.82, 2.24) is 24.9 Å². The monoisotopic (exact) mass is 493 g/mol. The molecular formula is C20H24BrN5O3S. The SMILES string of the molecule is OS1(O)CCN(Cc2cccnc2Oc2ccc3c(nnn3CC3CC3)c2Br)CC1. The maximum atomic E-state index is 9.84. The number of hydrogen-bond donors (Lipinski definition) is 2. The highest BCUT2D eigenvalue weighted by Crippen LogP contribution is 2.41. The second kappa shape index (κ2) is 8.08. The molecule has 3 aromatic rings. The molecule has 1 aromatic carbocycles. The molecular weight excluding hydrogens is 470 g/mol. The molecule has 1 saturated heterocycles. The van der Waals surface area contributed by atoms with Gasteiger partial charge in [0.2, 0.25) is 5.88 Å². The van der Waals surface area contributed by atoms with E-state index in [1.54, 1.807) is 6.20 Å². The molecule has 3 heterocycles. The topological polar surface area (TPSA) is 96.5 Å². The molecule has 10 heteroatoms. The number of fused-ring (bicyclic) bond motifs is 1. The summed E-state index contributed by atoms with van der Waals surface area (Å²) < 4.78 is 28.6. The zero-order valence-corrected chi connectivity index (χ0v) is 18.8. The van der Waals surface area contributed by atoms with Crippen LogP contribution >= 0.6 is 26.5 Å². The third-order valence-electron chi connectivity index (χ3n) is 5.64. The molecule has 2 aromatic heterocycles. The van der Waals surface area contributed by atoms with Crippen LogP contribution in [0.1, 0.15) is 18.4 Å². The van der Waals surface area contributed by atoms with Gasteiger partial charge in [-0.15, -0.1) is 5.10 Å². The number of ether oxygens (including phenoxy) is 1. The van der Waals surface area contributed by atoms with Crippen LogP contribution < -0.4 is 4.74 Å². The van der Waals surface area contributed by atoms with Gasteiger partial charge in [0, 0.05) is 37.9 Å². The summed E-state index contributed by atoms with van der Waals surface area (Å²) in [5.41, 5.74) is 2.74. The fourth-order valence-corrected chi connectivity index (χ4v) is 5.45. The average molecular weight is 494 g/mol. The van der Waals surface area contributed by atoms with Crippen LogP contribution in [0, 0.1) is 5.92 Å². The molecule has 0 atom stereocenters. The van der Waals surface area contributed by atoms with Gasteiger partial charge in [-0.3, -0.25) is 14.0 Å². The minimum atomic E-state index is -2.40. The fourth-order valence-electron chi connectivity index (χ4n) is 3.65. The second-order valence-electron chi connectivity index (χ2n) is 8.02. The first kappa shape index (κ1) is 20.2. The zero-order chi connectivity index (χ0) is 20.7. The van der Waals surface area contributed by atoms with Gasteiger partial charge in [-0.1, -0.05) is 11.3 Å². The van der Waals surface area contributed by atoms with E-state index >= 15 is 0 Å². The van der Waals surface area contributed by atoms with Crippen LogP contribution in [-0.4, -0.2) is 58.6 Å². The van der Waals surface area contributed by atoms with Crippen LogP contribution in [0.2, 0.25) is 0 Å². The lowest BCUT2D eigenvalue weighted by molar-refractivity contribution is 0.273. The molecule has 30 heavy (non-hydrogen) atoms. The first-order valence-electron chi connectivity index (χ1n) is 10.1. The lowest BCUT2D eigenvalue weighted by Gasteiger charge is -2.41. The molecule has 0 amide bonds. The molecule has 0 spiro atoms. The maximum Gasteiger partial charge on any atom is 0.223 e. The summed E-state index contributed by atoms with van der Waals surface area (Å²) >= 11 is 3.64. The van der Waals surface area contributed by atoms with E-state index in [0.29, 0.717) is 42.8 Å². The third kappa shape index (κ3) is 4.33. The Morgan fingerprint density at radius 3 is 2.73 bits per heavy atom. The lowest BCUT2D eigenvalue weighted by Crippen LogP contribution is -2.37. The standard InChI is InChI=1S/C20H24BrN5O3S/c21-18-17(6-5-16-19(18)23-24-26(16)12-14-3-4-14)29-20-15(2-1-7-22-20)13-25-8-10-30(27,28)11-9-25/h1-2,5-7,14,27-28H,3-4,8-13H2. The van der Waals surface area contributed by atoms with Crippen molar-refractivity contribution in [3.05, 3.63) is 40.5 Å². The normalized spacial score (nSPS) is 20.4. The summed E-state index contributed by atoms with van der Waals surface area (Å²) in [6, 6.07) is 7.80. The summed E-state index contributed by atoms with van der Waals surface area (Å²) in [6.45, 7) is 2.86. The molecule has 2 fully saturated rings. The van der Waals surface area contributed by atoms with Crippen molar-refractivity contribution in [2.75, 3.05) is 24.6 Å². The van der Waals surface area contributed by atoms with Crippen molar-refractivity contribution in [3.63, 3.8) is 0 Å². The van der Waals surface area contributed by atoms with Crippen molar-refractivity contribution >= 4 is 37.6 Å². The Bertz CT molecular complexity index is 1060. The molecule has 0 unspecified atom stereocenters. The predicted octanol–water partition coefficient (Wildman–Crippen LogP) is 4.36. The predicted molar refractivity (Wildman–Crippen MR) is 120 cm³/mol. The third-order valence-corrected chi connectivity index (χ3v) is 8.08. The smallest absolute Gasteiger partial charge is 0.223 e. The van der Waals surface area contributed by atoms with E-state index in [0.717, 1.165) is 33.5 Å². The van der Waals surface area contributed by atoms with Crippen molar-refractivity contribution < 1.29 is 13.8 Å². The molecule has 0 bridgehead atoms. The van der Waals surface area contributed by atoms with Crippen LogP contribution in [-0.2, 0) is 13.1 Å². The quantitative estimate of drug-likeness (QED) is 0.526. The van der Waals surface area contributed by atoms with E-state index in [9.17, 15) is 9.11 Å². The number of hydrogen-bond acceptors (Lipinski definition) is 7. The van der Waals surface area contributed by atoms with Crippen LogP contribution in [0.4, 0.5) is 0 Å². The first-order valence-corrected chi connectivity index (χ1v) is 12.8. The Kier molecular flexibility index (Phi) is 5.44. The molecule has 0 radical (unpaired) electrons. The highest BCUT2D eigenvalue weighted by Gasteiger charge is 2.25. The molecule has 2 aliphatic rings. The van der Waals surface area contributed by atoms with E-state index in [-0.39, 0.29) is 0 Å². The minimum Gasteiger partial charge on any atom is -0.437 e. The zero-order valence-electron chi connectivity index (χ0n) is 16.4. The first-order chi connectivity index (χ1) is 14.5. The van der Waals surface area contributed by atoms with E-state index in [2.05, 4.69) is 36.1 Å². The molecule has 5 rings (SSSR count). The van der Waals surface area contributed by atoms with Crippen LogP contribution in [0.5, 0.6) is 11.6 Å². The average Bonchev–Trinajstić information content (AvgIpc) is 3.45. The van der Waals surface area contributed by atoms with E-state index in [1.807, 2.05) is 28.9 Å². The fraction of sp³-hybridized carbons (Fsp3) is 0.450. The van der Waals surface area contributed by atoms with E-state index in [4.69, 9.17) is 4.74 Å². The number of pyridine rings is 1. The summed E-state index contributed by atoms with van der Waals surface area (Å²) in [6.07, 6.45) is 4.24. The Labute approximate surface area is 184 Å². The van der Waals surface area contributed by atoms with Gasteiger partial charge in [0.25, 0.3) is 0 Å². The van der Waals surface area contributed by atoms with Gasteiger partial charge in [0.05, 0.1) is 21.5 Å². The highest BCUT2D eigenvalue weighted by molar-refractivity contribution is 9.10. The lowest BCUT2D eigenvalue weighted by atomic mass is 10.2. The van der Waals surface area contributed by atoms with Gasteiger partial charge < -0.3 is 4.74 Å². The summed E-state index contributed by atoms with van der Waals surface area (Å²) in [7, 11) is -2.40. The Morgan fingerprint density at radius 1 is 1.17 bits per heavy atom. The number of halogens is 1. The van der Waals surface area contributed by atoms with Crippen molar-refractivity contribution in [3.8, 4) is 11.6 Å². The van der Waals surface area contributed by atoms with Gasteiger partial charge in [0.1, 0.15) is 11.3 Å². The maximum absolute atomic E-state index is 9.84. The summed E-state index contributed by atoms with van der Waals surface area (Å²) in [5.74, 6) is 2.75. The summed E-state index contributed by atoms with van der Waals surface area (Å²) in [5, 5.41) is 8.65. The molecule has 2 N–H and O–H groups in total. The second-order valence-corrected chi connectivity index (χ2v) is 11.2. The molecule has 1 saturated carbocycles. The number of benzene rings is 1. The highest BCUT2D eigenvalue weighted by atomic mass is 79.9. The van der Waals surface area contributed by atoms with E-state index < -0.39 is 10.6 Å². The van der Waals surface area contributed by atoms with Crippen LogP contribution in [0.25, 0.3) is 11.0 Å². The van der Waals surface area contributed by atoms with E-state index in [1.165, 1.54) is 12.8 Å². The molecule has 1 aliphatic carbocycles. The Hall–Kier alpha value is -1.72. The van der Waals surface area contributed by atoms with Gasteiger partial charge in [-0.05, 0) is 52.9 Å². The van der Waals surface area contributed by atoms with Crippen molar-refractivity contribution in [2.24, 2.45) is 5.92 Å². The van der Waals surface area contributed by atoms with Crippen molar-refractivity contribution in [2.45, 2.75) is 25.9 Å². The molecule has 8 nitrogen and oxygen atoms in total. The Morgan fingerprint density at radius 2 is 1.97 bits per heavy atom. The molecule has 160 valence electrons. The summed E-state index contributed by atoms with van der Waals surface area (Å²) in [4.78, 5) is 6.64. The largest absolute Gasteiger partial charge is 0.437 e. The van der Waals surface area contributed by atoms with Gasteiger partial charge >= 0.3 is 0 Å². The van der Waals surface area contributed by atoms with Gasteiger partial charge in [-0.2, -0.15) is 10.6 Å². The minimum absolute atomic E-state index is 0.419. The van der Waals surface area contributed by atoms with Crippen molar-refractivity contribution in [1.29, 1.82) is 0 Å². The number of nitrogens with zero attached hydrogens (tertiary/aromatic N) is 5.